The van der Waals surface area contributed by atoms with Crippen molar-refractivity contribution in [2.75, 3.05) is 172 Å². The summed E-state index contributed by atoms with van der Waals surface area (Å²) in [5, 5.41) is 8.42. The van der Waals surface area contributed by atoms with Gasteiger partial charge in [0.2, 0.25) is 0 Å². The second kappa shape index (κ2) is 40.1. The molecule has 0 aliphatic carbocycles. The lowest BCUT2D eigenvalue weighted by Crippen LogP contribution is -2.16. The van der Waals surface area contributed by atoms with Gasteiger partial charge in [-0.05, 0) is 5.92 Å². The van der Waals surface area contributed by atoms with Gasteiger partial charge in [0.15, 0.2) is 0 Å². The Balaban J connectivity index is 3.05. The first kappa shape index (κ1) is 45.0. The summed E-state index contributed by atoms with van der Waals surface area (Å²) in [6.45, 7) is 16.5. The Hall–Kier alpha value is -1.05. The number of aliphatic carboxylic acids is 1. The van der Waals surface area contributed by atoms with Crippen LogP contribution in [0.15, 0.2) is 0 Å². The highest BCUT2D eigenvalue weighted by atomic mass is 16.6. The fourth-order valence-corrected chi connectivity index (χ4v) is 3.10. The minimum atomic E-state index is -0.996. The van der Waals surface area contributed by atoms with Crippen LogP contribution in [0.2, 0.25) is 0 Å². The zero-order chi connectivity index (χ0) is 33.4. The van der Waals surface area contributed by atoms with Gasteiger partial charge in [0.1, 0.15) is 6.61 Å². The molecule has 276 valence electrons. The van der Waals surface area contributed by atoms with Crippen LogP contribution in [0.5, 0.6) is 0 Å². The minimum absolute atomic E-state index is 0.241. The SMILES string of the molecule is CCC(C)COCCOCCOCCOCCOCCOCCOCCOCCOCCOCCOCCOCCOCC(=O)O. The monoisotopic (exact) mass is 674 g/mol. The Morgan fingerprint density at radius 3 is 0.783 bits per heavy atom. The first-order valence-corrected chi connectivity index (χ1v) is 16.4. The van der Waals surface area contributed by atoms with E-state index in [0.29, 0.717) is 158 Å². The third kappa shape index (κ3) is 41.0. The van der Waals surface area contributed by atoms with E-state index < -0.39 is 5.97 Å². The number of carboxylic acids is 1. The Bertz CT molecular complexity index is 588. The molecule has 0 aliphatic rings. The molecule has 0 aromatic rings. The van der Waals surface area contributed by atoms with E-state index in [4.69, 9.17) is 66.7 Å². The molecule has 0 bridgehead atoms. The molecule has 0 radical (unpaired) electrons. The number of carboxylic acid groups (broad SMARTS) is 1. The molecule has 0 spiro atoms. The maximum Gasteiger partial charge on any atom is 0.329 e. The number of ether oxygens (including phenoxy) is 13. The zero-order valence-corrected chi connectivity index (χ0v) is 28.3. The maximum absolute atomic E-state index is 10.3. The van der Waals surface area contributed by atoms with Crippen molar-refractivity contribution in [1.82, 2.24) is 0 Å². The maximum atomic E-state index is 10.3. The van der Waals surface area contributed by atoms with Crippen LogP contribution >= 0.6 is 0 Å². The standard InChI is InChI=1S/C31H62O15/c1-3-30(2)28-45-26-24-43-22-20-41-18-16-39-14-12-37-10-8-35-6-4-34-5-7-36-9-11-38-13-15-40-17-19-42-21-23-44-25-27-46-29-31(32)33/h30H,3-29H2,1-2H3,(H,32,33). The molecule has 0 rings (SSSR count). The predicted molar refractivity (Wildman–Crippen MR) is 168 cm³/mol. The third-order valence-electron chi connectivity index (χ3n) is 5.79. The Kier molecular flexibility index (Phi) is 39.2. The average molecular weight is 675 g/mol. The van der Waals surface area contributed by atoms with Crippen molar-refractivity contribution in [2.45, 2.75) is 20.3 Å². The van der Waals surface area contributed by atoms with E-state index in [0.717, 1.165) is 13.0 Å². The van der Waals surface area contributed by atoms with Gasteiger partial charge < -0.3 is 66.7 Å². The normalized spacial score (nSPS) is 12.2. The van der Waals surface area contributed by atoms with Crippen LogP contribution in [0.4, 0.5) is 0 Å². The smallest absolute Gasteiger partial charge is 0.329 e. The average Bonchev–Trinajstić information content (AvgIpc) is 3.05. The quantitative estimate of drug-likeness (QED) is 0.0926. The summed E-state index contributed by atoms with van der Waals surface area (Å²) in [5.74, 6) is -0.403. The summed E-state index contributed by atoms with van der Waals surface area (Å²) in [5.41, 5.74) is 0. The molecule has 0 saturated carbocycles. The van der Waals surface area contributed by atoms with Crippen molar-refractivity contribution in [3.8, 4) is 0 Å². The van der Waals surface area contributed by atoms with Gasteiger partial charge in [-0.3, -0.25) is 0 Å². The van der Waals surface area contributed by atoms with E-state index in [2.05, 4.69) is 13.8 Å². The van der Waals surface area contributed by atoms with Crippen LogP contribution in [0.1, 0.15) is 20.3 Å². The molecule has 1 unspecified atom stereocenters. The molecule has 46 heavy (non-hydrogen) atoms. The van der Waals surface area contributed by atoms with Crippen molar-refractivity contribution < 1.29 is 71.5 Å². The van der Waals surface area contributed by atoms with Gasteiger partial charge in [-0.25, -0.2) is 4.79 Å². The van der Waals surface area contributed by atoms with Gasteiger partial charge in [-0.2, -0.15) is 0 Å². The van der Waals surface area contributed by atoms with Gasteiger partial charge in [-0.1, -0.05) is 20.3 Å². The van der Waals surface area contributed by atoms with E-state index in [-0.39, 0.29) is 13.2 Å². The van der Waals surface area contributed by atoms with Crippen molar-refractivity contribution >= 4 is 5.97 Å². The highest BCUT2D eigenvalue weighted by molar-refractivity contribution is 5.67. The fraction of sp³-hybridized carbons (Fsp3) is 0.968. The lowest BCUT2D eigenvalue weighted by atomic mass is 10.1. The number of rotatable bonds is 41. The molecule has 0 aromatic carbocycles. The summed E-state index contributed by atoms with van der Waals surface area (Å²) >= 11 is 0. The Morgan fingerprint density at radius 2 is 0.587 bits per heavy atom. The lowest BCUT2D eigenvalue weighted by Gasteiger charge is -2.10. The minimum Gasteiger partial charge on any atom is -0.480 e. The molecule has 0 amide bonds. The highest BCUT2D eigenvalue weighted by Gasteiger charge is 1.99. The third-order valence-corrected chi connectivity index (χ3v) is 5.79. The summed E-state index contributed by atoms with van der Waals surface area (Å²) in [6, 6.07) is 0. The van der Waals surface area contributed by atoms with Gasteiger partial charge in [0.05, 0.1) is 159 Å². The number of hydrogen-bond acceptors (Lipinski definition) is 14. The molecule has 0 aliphatic heterocycles. The van der Waals surface area contributed by atoms with E-state index in [1.54, 1.807) is 0 Å². The van der Waals surface area contributed by atoms with Crippen LogP contribution in [-0.4, -0.2) is 183 Å². The van der Waals surface area contributed by atoms with E-state index in [9.17, 15) is 4.79 Å². The van der Waals surface area contributed by atoms with Crippen molar-refractivity contribution in [1.29, 1.82) is 0 Å². The lowest BCUT2D eigenvalue weighted by molar-refractivity contribution is -0.142. The summed E-state index contributed by atoms with van der Waals surface area (Å²) in [6.07, 6.45) is 1.13. The molecular weight excluding hydrogens is 612 g/mol. The number of carbonyl (C=O) groups is 1. The van der Waals surface area contributed by atoms with Crippen LogP contribution in [0.3, 0.4) is 0 Å². The van der Waals surface area contributed by atoms with E-state index in [1.165, 1.54) is 0 Å². The van der Waals surface area contributed by atoms with Crippen molar-refractivity contribution in [2.24, 2.45) is 5.92 Å². The molecule has 1 N–H and O–H groups in total. The topological polar surface area (TPSA) is 157 Å². The largest absolute Gasteiger partial charge is 0.480 e. The molecule has 0 saturated heterocycles. The van der Waals surface area contributed by atoms with Gasteiger partial charge in [0.25, 0.3) is 0 Å². The predicted octanol–water partition coefficient (Wildman–Crippen LogP) is 1.33. The molecule has 15 nitrogen and oxygen atoms in total. The molecule has 0 fully saturated rings. The van der Waals surface area contributed by atoms with Gasteiger partial charge >= 0.3 is 5.97 Å². The van der Waals surface area contributed by atoms with Crippen LogP contribution in [0.25, 0.3) is 0 Å². The fourth-order valence-electron chi connectivity index (χ4n) is 3.10. The van der Waals surface area contributed by atoms with E-state index >= 15 is 0 Å². The Morgan fingerprint density at radius 1 is 0.391 bits per heavy atom. The second-order valence-electron chi connectivity index (χ2n) is 9.77. The molecule has 1 atom stereocenters. The zero-order valence-electron chi connectivity index (χ0n) is 28.3. The molecule has 15 heteroatoms. The van der Waals surface area contributed by atoms with Crippen molar-refractivity contribution in [3.05, 3.63) is 0 Å². The van der Waals surface area contributed by atoms with Crippen LogP contribution < -0.4 is 0 Å². The first-order chi connectivity index (χ1) is 22.7. The highest BCUT2D eigenvalue weighted by Crippen LogP contribution is 2.00. The molecule has 0 aromatic heterocycles. The second-order valence-corrected chi connectivity index (χ2v) is 9.77. The molecular formula is C31H62O15. The van der Waals surface area contributed by atoms with E-state index in [1.807, 2.05) is 0 Å². The van der Waals surface area contributed by atoms with Gasteiger partial charge in [-0.15, -0.1) is 0 Å². The molecule has 0 heterocycles. The first-order valence-electron chi connectivity index (χ1n) is 16.4. The Labute approximate surface area is 275 Å². The summed E-state index contributed by atoms with van der Waals surface area (Å²) in [4.78, 5) is 10.3. The van der Waals surface area contributed by atoms with Crippen molar-refractivity contribution in [3.63, 3.8) is 0 Å². The van der Waals surface area contributed by atoms with Gasteiger partial charge in [0, 0.05) is 6.61 Å². The summed E-state index contributed by atoms with van der Waals surface area (Å²) in [7, 11) is 0. The number of hydrogen-bond donors (Lipinski definition) is 1. The summed E-state index contributed by atoms with van der Waals surface area (Å²) < 4.78 is 70.1. The van der Waals surface area contributed by atoms with Crippen LogP contribution in [-0.2, 0) is 66.4 Å². The van der Waals surface area contributed by atoms with Crippen LogP contribution in [0, 0.1) is 5.92 Å².